The normalized spacial score (nSPS) is 19.3. The number of carbonyl (C=O) groups excluding carboxylic acids is 2. The van der Waals surface area contributed by atoms with Crippen molar-refractivity contribution in [3.8, 4) is 0 Å². The van der Waals surface area contributed by atoms with E-state index in [0.29, 0.717) is 23.5 Å². The number of furan rings is 1. The minimum atomic E-state index is -0.227. The van der Waals surface area contributed by atoms with Gasteiger partial charge in [0.15, 0.2) is 5.76 Å². The lowest BCUT2D eigenvalue weighted by Gasteiger charge is -2.28. The van der Waals surface area contributed by atoms with Crippen molar-refractivity contribution in [1.82, 2.24) is 5.32 Å². The molecule has 0 atom stereocenters. The van der Waals surface area contributed by atoms with Gasteiger partial charge < -0.3 is 20.2 Å². The van der Waals surface area contributed by atoms with Crippen LogP contribution in [0, 0.1) is 11.3 Å². The number of hydrogen-bond acceptors (Lipinski definition) is 5. The number of nitrogens with two attached hydrogens (primary N) is 1. The predicted octanol–water partition coefficient (Wildman–Crippen LogP) is 3.74. The van der Waals surface area contributed by atoms with Crippen LogP contribution in [0.5, 0.6) is 0 Å². The Balaban J connectivity index is 1.49. The Morgan fingerprint density at radius 2 is 1.97 bits per heavy atom. The van der Waals surface area contributed by atoms with Crippen LogP contribution in [0.2, 0.25) is 0 Å². The highest BCUT2D eigenvalue weighted by Crippen LogP contribution is 2.28. The van der Waals surface area contributed by atoms with Crippen LogP contribution in [0.25, 0.3) is 11.0 Å². The number of amidine groups is 1. The van der Waals surface area contributed by atoms with E-state index in [0.717, 1.165) is 37.5 Å². The molecular formula is C22H29N3O4. The van der Waals surface area contributed by atoms with Gasteiger partial charge in [-0.15, -0.1) is 0 Å². The molecule has 1 aromatic carbocycles. The van der Waals surface area contributed by atoms with E-state index in [2.05, 4.69) is 5.32 Å². The van der Waals surface area contributed by atoms with Crippen LogP contribution in [0.4, 0.5) is 0 Å². The van der Waals surface area contributed by atoms with E-state index >= 15 is 0 Å². The van der Waals surface area contributed by atoms with Gasteiger partial charge in [0.25, 0.3) is 5.91 Å². The van der Waals surface area contributed by atoms with E-state index < -0.39 is 0 Å². The molecule has 1 aromatic heterocycles. The van der Waals surface area contributed by atoms with Crippen LogP contribution in [0.15, 0.2) is 28.7 Å². The van der Waals surface area contributed by atoms with Crippen molar-refractivity contribution in [3.63, 3.8) is 0 Å². The molecule has 1 saturated carbocycles. The molecule has 1 heterocycles. The topological polar surface area (TPSA) is 118 Å². The fraction of sp³-hybridized carbons (Fsp3) is 0.500. The number of rotatable bonds is 7. The summed E-state index contributed by atoms with van der Waals surface area (Å²) in [6, 6.07) is 6.96. The second kappa shape index (κ2) is 9.11. The average Bonchev–Trinajstić information content (AvgIpc) is 3.10. The standard InChI is InChI=1S/C22H29N3O4/c1-13(2)28-20(26)10-5-14-3-7-17(8-4-14)25-22(27)19-12-16-11-15(21(23)24)6-9-18(16)29-19/h6,9,11-14,17H,3-5,7-8,10H2,1-2H3,(H3,23,24)(H,25,27). The highest BCUT2D eigenvalue weighted by Gasteiger charge is 2.24. The van der Waals surface area contributed by atoms with E-state index in [1.807, 2.05) is 13.8 Å². The zero-order chi connectivity index (χ0) is 21.0. The number of carbonyl (C=O) groups is 2. The molecule has 0 radical (unpaired) electrons. The van der Waals surface area contributed by atoms with Gasteiger partial charge in [0, 0.05) is 23.4 Å². The van der Waals surface area contributed by atoms with Crippen molar-refractivity contribution in [3.05, 3.63) is 35.6 Å². The van der Waals surface area contributed by atoms with Crippen molar-refractivity contribution in [1.29, 1.82) is 5.41 Å². The molecule has 7 nitrogen and oxygen atoms in total. The van der Waals surface area contributed by atoms with Gasteiger partial charge in [-0.05, 0) is 76.1 Å². The zero-order valence-electron chi connectivity index (χ0n) is 17.0. The lowest BCUT2D eigenvalue weighted by Crippen LogP contribution is -2.37. The van der Waals surface area contributed by atoms with Crippen molar-refractivity contribution in [2.45, 2.75) is 64.5 Å². The third-order valence-electron chi connectivity index (χ3n) is 5.36. The summed E-state index contributed by atoms with van der Waals surface area (Å²) in [6.45, 7) is 3.71. The second-order valence-corrected chi connectivity index (χ2v) is 8.05. The molecule has 2 aromatic rings. The number of nitrogen functional groups attached to an aromatic ring is 1. The summed E-state index contributed by atoms with van der Waals surface area (Å²) in [5.74, 6) is 0.384. The van der Waals surface area contributed by atoms with Crippen molar-refractivity contribution >= 4 is 28.7 Å². The Hall–Kier alpha value is -2.83. The van der Waals surface area contributed by atoms with Crippen LogP contribution in [-0.2, 0) is 9.53 Å². The molecule has 156 valence electrons. The van der Waals surface area contributed by atoms with E-state index in [1.165, 1.54) is 0 Å². The van der Waals surface area contributed by atoms with Gasteiger partial charge in [0.1, 0.15) is 11.4 Å². The Labute approximate surface area is 170 Å². The number of hydrogen-bond donors (Lipinski definition) is 3. The number of fused-ring (bicyclic) bond motifs is 1. The zero-order valence-corrected chi connectivity index (χ0v) is 17.0. The third-order valence-corrected chi connectivity index (χ3v) is 5.36. The quantitative estimate of drug-likeness (QED) is 0.372. The van der Waals surface area contributed by atoms with E-state index in [1.54, 1.807) is 24.3 Å². The fourth-order valence-corrected chi connectivity index (χ4v) is 3.82. The maximum Gasteiger partial charge on any atom is 0.306 e. The Morgan fingerprint density at radius 1 is 1.24 bits per heavy atom. The summed E-state index contributed by atoms with van der Waals surface area (Å²) < 4.78 is 10.8. The summed E-state index contributed by atoms with van der Waals surface area (Å²) in [6.07, 6.45) is 4.99. The lowest BCUT2D eigenvalue weighted by molar-refractivity contribution is -0.147. The van der Waals surface area contributed by atoms with Gasteiger partial charge in [0.05, 0.1) is 6.10 Å². The Kier molecular flexibility index (Phi) is 6.56. The smallest absolute Gasteiger partial charge is 0.306 e. The number of esters is 1. The summed E-state index contributed by atoms with van der Waals surface area (Å²) >= 11 is 0. The largest absolute Gasteiger partial charge is 0.463 e. The molecular weight excluding hydrogens is 370 g/mol. The summed E-state index contributed by atoms with van der Waals surface area (Å²) in [5, 5.41) is 11.3. The molecule has 1 fully saturated rings. The van der Waals surface area contributed by atoms with Crippen LogP contribution in [-0.4, -0.2) is 29.9 Å². The number of nitrogens with one attached hydrogen (secondary N) is 2. The molecule has 0 aliphatic heterocycles. The maximum atomic E-state index is 12.6. The summed E-state index contributed by atoms with van der Waals surface area (Å²) in [7, 11) is 0. The molecule has 1 aliphatic rings. The Morgan fingerprint density at radius 3 is 2.62 bits per heavy atom. The number of benzene rings is 1. The van der Waals surface area contributed by atoms with Crippen LogP contribution in [0.1, 0.15) is 68.5 Å². The SMILES string of the molecule is CC(C)OC(=O)CCC1CCC(NC(=O)c2cc3cc(C(=N)N)ccc3o2)CC1. The van der Waals surface area contributed by atoms with Crippen LogP contribution >= 0.6 is 0 Å². The molecule has 1 amide bonds. The van der Waals surface area contributed by atoms with Crippen LogP contribution in [0.3, 0.4) is 0 Å². The molecule has 0 unspecified atom stereocenters. The summed E-state index contributed by atoms with van der Waals surface area (Å²) in [5.41, 5.74) is 6.71. The lowest BCUT2D eigenvalue weighted by atomic mass is 9.83. The third kappa shape index (κ3) is 5.59. The first-order valence-corrected chi connectivity index (χ1v) is 10.2. The van der Waals surface area contributed by atoms with E-state index in [-0.39, 0.29) is 35.6 Å². The molecule has 0 saturated heterocycles. The minimum absolute atomic E-state index is 0.0201. The predicted molar refractivity (Wildman–Crippen MR) is 111 cm³/mol. The van der Waals surface area contributed by atoms with E-state index in [4.69, 9.17) is 20.3 Å². The molecule has 0 bridgehead atoms. The number of amides is 1. The highest BCUT2D eigenvalue weighted by molar-refractivity contribution is 6.00. The maximum absolute atomic E-state index is 12.6. The van der Waals surface area contributed by atoms with Gasteiger partial charge in [0.2, 0.25) is 0 Å². The first-order valence-electron chi connectivity index (χ1n) is 10.2. The van der Waals surface area contributed by atoms with Gasteiger partial charge in [-0.1, -0.05) is 0 Å². The van der Waals surface area contributed by atoms with Crippen molar-refractivity contribution < 1.29 is 18.7 Å². The van der Waals surface area contributed by atoms with Gasteiger partial charge in [-0.3, -0.25) is 15.0 Å². The minimum Gasteiger partial charge on any atom is -0.463 e. The van der Waals surface area contributed by atoms with Crippen molar-refractivity contribution in [2.75, 3.05) is 0 Å². The molecule has 3 rings (SSSR count). The molecule has 7 heteroatoms. The Bertz CT molecular complexity index is 895. The van der Waals surface area contributed by atoms with Crippen LogP contribution < -0.4 is 11.1 Å². The highest BCUT2D eigenvalue weighted by atomic mass is 16.5. The molecule has 1 aliphatic carbocycles. The van der Waals surface area contributed by atoms with Gasteiger partial charge in [-0.25, -0.2) is 0 Å². The number of ether oxygens (including phenoxy) is 1. The molecule has 0 spiro atoms. The van der Waals surface area contributed by atoms with E-state index in [9.17, 15) is 9.59 Å². The summed E-state index contributed by atoms with van der Waals surface area (Å²) in [4.78, 5) is 24.3. The monoisotopic (exact) mass is 399 g/mol. The molecule has 4 N–H and O–H groups in total. The van der Waals surface area contributed by atoms with Gasteiger partial charge in [-0.2, -0.15) is 0 Å². The van der Waals surface area contributed by atoms with Gasteiger partial charge >= 0.3 is 5.97 Å². The van der Waals surface area contributed by atoms with Crippen molar-refractivity contribution in [2.24, 2.45) is 11.7 Å². The first-order chi connectivity index (χ1) is 13.8. The molecule has 29 heavy (non-hydrogen) atoms. The average molecular weight is 399 g/mol. The first kappa shape index (κ1) is 20.9. The second-order valence-electron chi connectivity index (χ2n) is 8.05. The fourth-order valence-electron chi connectivity index (χ4n) is 3.82.